The van der Waals surface area contributed by atoms with Crippen molar-refractivity contribution < 1.29 is 53.8 Å². The Bertz CT molecular complexity index is 1240. The largest absolute Gasteiger partial charge is 0.481 e. The van der Waals surface area contributed by atoms with E-state index >= 15 is 0 Å². The molecular weight excluding hydrogens is 660 g/mol. The lowest BCUT2D eigenvalue weighted by Gasteiger charge is -2.38. The maximum atomic E-state index is 13.4. The number of hydrogen-bond donors (Lipinski definition) is 4. The van der Waals surface area contributed by atoms with Gasteiger partial charge < -0.3 is 44.3 Å². The van der Waals surface area contributed by atoms with Crippen LogP contribution >= 0.6 is 0 Å². The standard InChI is InChI=1S/C38H62N2O11/c1-8-29(42)27(4)35-30(49-35)24-37(5,47)16-9-11-25(2)34-26(3)13-14-31(38(6,48-7)17-15-28(41)23-33(45)51-34)50-36(46)40-21-19-39(20-22-40)18-10-12-32(43)44/h9,11,13-14,16,26-31,34-35,41-42,47H,8,10,12,15,17-24H2,1-7H3,(H,43,44)/b14-13-,16-9+,25-11+/t26-,27+,28-,29+,30+,31-,34+,35-,37+,38-/m0/s1. The number of rotatable bonds is 14. The molecule has 51 heavy (non-hydrogen) atoms. The highest BCUT2D eigenvalue weighted by molar-refractivity contribution is 5.70. The average Bonchev–Trinajstić information content (AvgIpc) is 3.84. The minimum absolute atomic E-state index is 0.0190. The highest BCUT2D eigenvalue weighted by Gasteiger charge is 2.47. The zero-order chi connectivity index (χ0) is 37.9. The van der Waals surface area contributed by atoms with Crippen LogP contribution in [0.5, 0.6) is 0 Å². The summed E-state index contributed by atoms with van der Waals surface area (Å²) in [6, 6.07) is 0. The van der Waals surface area contributed by atoms with Gasteiger partial charge >= 0.3 is 18.0 Å². The van der Waals surface area contributed by atoms with Crippen LogP contribution in [0.3, 0.4) is 0 Å². The fourth-order valence-electron chi connectivity index (χ4n) is 6.80. The van der Waals surface area contributed by atoms with E-state index in [1.165, 1.54) is 7.11 Å². The Morgan fingerprint density at radius 1 is 1.22 bits per heavy atom. The Morgan fingerprint density at radius 2 is 1.90 bits per heavy atom. The number of methoxy groups -OCH3 is 1. The third-order valence-corrected chi connectivity index (χ3v) is 10.5. The molecule has 10 atom stereocenters. The van der Waals surface area contributed by atoms with E-state index in [4.69, 9.17) is 24.1 Å². The second-order valence-electron chi connectivity index (χ2n) is 15.0. The van der Waals surface area contributed by atoms with Crippen LogP contribution in [0.2, 0.25) is 0 Å². The molecular formula is C38H62N2O11. The number of aliphatic carboxylic acids is 1. The topological polar surface area (TPSA) is 179 Å². The summed E-state index contributed by atoms with van der Waals surface area (Å²) in [7, 11) is 1.53. The minimum atomic E-state index is -1.17. The molecule has 0 aliphatic carbocycles. The van der Waals surface area contributed by atoms with Crippen molar-refractivity contribution in [3.05, 3.63) is 36.0 Å². The predicted molar refractivity (Wildman–Crippen MR) is 191 cm³/mol. The van der Waals surface area contributed by atoms with Gasteiger partial charge in [0.15, 0.2) is 6.10 Å². The second-order valence-corrected chi connectivity index (χ2v) is 15.0. The van der Waals surface area contributed by atoms with E-state index in [0.29, 0.717) is 64.0 Å². The van der Waals surface area contributed by atoms with Crippen molar-refractivity contribution in [1.82, 2.24) is 9.80 Å². The number of carbonyl (C=O) groups excluding carboxylic acids is 2. The molecule has 13 nitrogen and oxygen atoms in total. The number of allylic oxidation sites excluding steroid dienone is 2. The second kappa shape index (κ2) is 19.3. The predicted octanol–water partition coefficient (Wildman–Crippen LogP) is 3.85. The number of carboxylic acid groups (broad SMARTS) is 1. The van der Waals surface area contributed by atoms with Gasteiger partial charge in [-0.25, -0.2) is 4.79 Å². The molecule has 2 saturated heterocycles. The molecule has 290 valence electrons. The molecule has 0 aromatic heterocycles. The molecule has 3 aliphatic rings. The molecule has 0 unspecified atom stereocenters. The highest BCUT2D eigenvalue weighted by atomic mass is 16.6. The van der Waals surface area contributed by atoms with Gasteiger partial charge in [-0.05, 0) is 64.6 Å². The van der Waals surface area contributed by atoms with E-state index in [2.05, 4.69) is 4.90 Å². The lowest BCUT2D eigenvalue weighted by atomic mass is 9.88. The van der Waals surface area contributed by atoms with Gasteiger partial charge in [0.25, 0.3) is 0 Å². The Balaban J connectivity index is 1.73. The van der Waals surface area contributed by atoms with Gasteiger partial charge in [0.05, 0.1) is 36.4 Å². The van der Waals surface area contributed by atoms with Crippen LogP contribution in [-0.2, 0) is 28.5 Å². The summed E-state index contributed by atoms with van der Waals surface area (Å²) in [6.45, 7) is 13.9. The van der Waals surface area contributed by atoms with Crippen molar-refractivity contribution in [2.75, 3.05) is 39.8 Å². The SMILES string of the molecule is CC[C@@H](O)[C@@H](C)[C@@H]1O[C@@H]1C[C@](C)(O)/C=C/C=C(\C)[C@H]1OC(=O)C[C@@H](O)CC[C@](C)(OC)[C@@H](OC(=O)N2CCN(CCCC(=O)O)CC2)/C=C\[C@@H]1C. The molecule has 3 rings (SSSR count). The van der Waals surface area contributed by atoms with Crippen LogP contribution in [0, 0.1) is 11.8 Å². The first kappa shape index (κ1) is 42.6. The lowest BCUT2D eigenvalue weighted by molar-refractivity contribution is -0.151. The number of epoxide rings is 1. The number of carboxylic acids is 1. The van der Waals surface area contributed by atoms with Crippen molar-refractivity contribution in [3.63, 3.8) is 0 Å². The Labute approximate surface area is 303 Å². The van der Waals surface area contributed by atoms with E-state index in [1.54, 1.807) is 36.1 Å². The zero-order valence-electron chi connectivity index (χ0n) is 31.5. The van der Waals surface area contributed by atoms with Crippen molar-refractivity contribution in [2.45, 2.75) is 134 Å². The van der Waals surface area contributed by atoms with E-state index in [-0.39, 0.29) is 43.3 Å². The molecule has 13 heteroatoms. The maximum Gasteiger partial charge on any atom is 0.410 e. The van der Waals surface area contributed by atoms with Gasteiger partial charge in [-0.2, -0.15) is 0 Å². The summed E-state index contributed by atoms with van der Waals surface area (Å²) in [5.74, 6) is -1.74. The molecule has 4 N–H and O–H groups in total. The van der Waals surface area contributed by atoms with Crippen molar-refractivity contribution in [3.8, 4) is 0 Å². The summed E-state index contributed by atoms with van der Waals surface area (Å²) in [4.78, 5) is 41.0. The normalized spacial score (nSPS) is 32.9. The van der Waals surface area contributed by atoms with Crippen LogP contribution in [0.15, 0.2) is 36.0 Å². The van der Waals surface area contributed by atoms with Crippen LogP contribution in [-0.4, -0.2) is 136 Å². The molecule has 0 saturated carbocycles. The van der Waals surface area contributed by atoms with Gasteiger partial charge in [-0.3, -0.25) is 14.5 Å². The number of esters is 1. The van der Waals surface area contributed by atoms with Gasteiger partial charge in [-0.15, -0.1) is 0 Å². The van der Waals surface area contributed by atoms with E-state index in [0.717, 1.165) is 0 Å². The summed E-state index contributed by atoms with van der Waals surface area (Å²) in [6.07, 6.45) is 7.08. The average molecular weight is 723 g/mol. The van der Waals surface area contributed by atoms with Gasteiger partial charge in [0.1, 0.15) is 11.7 Å². The third kappa shape index (κ3) is 13.3. The Morgan fingerprint density at radius 3 is 2.53 bits per heavy atom. The molecule has 0 aromatic rings. The van der Waals surface area contributed by atoms with Crippen molar-refractivity contribution >= 4 is 18.0 Å². The van der Waals surface area contributed by atoms with Crippen LogP contribution in [0.4, 0.5) is 4.79 Å². The molecule has 0 spiro atoms. The van der Waals surface area contributed by atoms with Gasteiger partial charge in [0, 0.05) is 58.0 Å². The smallest absolute Gasteiger partial charge is 0.410 e. The van der Waals surface area contributed by atoms with E-state index < -0.39 is 53.6 Å². The number of amides is 1. The Kier molecular flexibility index (Phi) is 16.1. The quantitative estimate of drug-likeness (QED) is 0.0883. The maximum absolute atomic E-state index is 13.4. The number of nitrogens with zero attached hydrogens (tertiary/aromatic N) is 2. The highest BCUT2D eigenvalue weighted by Crippen LogP contribution is 2.37. The zero-order valence-corrected chi connectivity index (χ0v) is 31.5. The summed E-state index contributed by atoms with van der Waals surface area (Å²) < 4.78 is 23.6. The minimum Gasteiger partial charge on any atom is -0.481 e. The first-order chi connectivity index (χ1) is 24.0. The fraction of sp³-hybridized carbons (Fsp3) is 0.763. The van der Waals surface area contributed by atoms with E-state index in [1.807, 2.05) is 40.7 Å². The number of ether oxygens (including phenoxy) is 4. The molecule has 3 heterocycles. The van der Waals surface area contributed by atoms with E-state index in [9.17, 15) is 29.7 Å². The molecule has 2 fully saturated rings. The molecule has 1 amide bonds. The first-order valence-corrected chi connectivity index (χ1v) is 18.4. The van der Waals surface area contributed by atoms with Crippen molar-refractivity contribution in [1.29, 1.82) is 0 Å². The molecule has 0 bridgehead atoms. The Hall–Kier alpha value is -2.81. The number of piperazine rings is 1. The number of cyclic esters (lactones) is 1. The van der Waals surface area contributed by atoms with Gasteiger partial charge in [-0.1, -0.05) is 45.1 Å². The molecule has 0 aromatic carbocycles. The summed E-state index contributed by atoms with van der Waals surface area (Å²) >= 11 is 0. The van der Waals surface area contributed by atoms with Crippen molar-refractivity contribution in [2.24, 2.45) is 11.8 Å². The number of aliphatic hydroxyl groups excluding tert-OH is 2. The van der Waals surface area contributed by atoms with Crippen LogP contribution < -0.4 is 0 Å². The monoisotopic (exact) mass is 722 g/mol. The van der Waals surface area contributed by atoms with Crippen LogP contribution in [0.25, 0.3) is 0 Å². The number of carbonyl (C=O) groups is 3. The number of hydrogen-bond acceptors (Lipinski definition) is 11. The van der Waals surface area contributed by atoms with Crippen LogP contribution in [0.1, 0.15) is 86.5 Å². The number of aliphatic hydroxyl groups is 3. The first-order valence-electron chi connectivity index (χ1n) is 18.4. The third-order valence-electron chi connectivity index (χ3n) is 10.5. The summed E-state index contributed by atoms with van der Waals surface area (Å²) in [5, 5.41) is 40.9. The fourth-order valence-corrected chi connectivity index (χ4v) is 6.80. The summed E-state index contributed by atoms with van der Waals surface area (Å²) in [5.41, 5.74) is -1.45. The van der Waals surface area contributed by atoms with Gasteiger partial charge in [0.2, 0.25) is 0 Å². The molecule has 0 radical (unpaired) electrons. The molecule has 3 aliphatic heterocycles. The lowest BCUT2D eigenvalue weighted by Crippen LogP contribution is -2.51.